The Balaban J connectivity index is 1.53. The molecule has 3 fully saturated rings. The van der Waals surface area contributed by atoms with E-state index in [-0.39, 0.29) is 0 Å². The van der Waals surface area contributed by atoms with Crippen LogP contribution in [-0.2, 0) is 0 Å². The summed E-state index contributed by atoms with van der Waals surface area (Å²) in [4.78, 5) is 15.9. The van der Waals surface area contributed by atoms with Gasteiger partial charge in [-0.15, -0.1) is 0 Å². The molecule has 0 radical (unpaired) electrons. The summed E-state index contributed by atoms with van der Waals surface area (Å²) in [5.41, 5.74) is 0. The summed E-state index contributed by atoms with van der Waals surface area (Å²) in [5.74, 6) is 0. The zero-order valence-corrected chi connectivity index (χ0v) is 21.9. The van der Waals surface area contributed by atoms with Crippen LogP contribution in [0.1, 0.15) is 47.5 Å². The second-order valence-electron chi connectivity index (χ2n) is 11.2. The summed E-state index contributed by atoms with van der Waals surface area (Å²) in [5, 5.41) is 0. The number of hydrogen-bond acceptors (Lipinski definition) is 6. The smallest absolute Gasteiger partial charge is 0.0224 e. The van der Waals surface area contributed by atoms with Crippen LogP contribution >= 0.6 is 0 Å². The maximum Gasteiger partial charge on any atom is 0.0224 e. The van der Waals surface area contributed by atoms with E-state index in [2.05, 4.69) is 85.2 Å². The Morgan fingerprint density at radius 1 is 0.645 bits per heavy atom. The molecule has 6 heteroatoms. The Morgan fingerprint density at radius 3 is 1.84 bits per heavy atom. The summed E-state index contributed by atoms with van der Waals surface area (Å²) in [6, 6.07) is 3.97. The van der Waals surface area contributed by atoms with E-state index in [9.17, 15) is 0 Å². The van der Waals surface area contributed by atoms with Crippen molar-refractivity contribution in [3.05, 3.63) is 0 Å². The van der Waals surface area contributed by atoms with Gasteiger partial charge in [-0.3, -0.25) is 19.6 Å². The van der Waals surface area contributed by atoms with Crippen molar-refractivity contribution in [2.45, 2.75) is 83.7 Å². The molecule has 0 aromatic carbocycles. The molecule has 3 rings (SSSR count). The van der Waals surface area contributed by atoms with E-state index >= 15 is 0 Å². The fourth-order valence-electron chi connectivity index (χ4n) is 5.89. The molecule has 5 atom stereocenters. The third-order valence-electron chi connectivity index (χ3n) is 8.98. The molecule has 31 heavy (non-hydrogen) atoms. The van der Waals surface area contributed by atoms with Crippen molar-refractivity contribution in [3.8, 4) is 0 Å². The largest absolute Gasteiger partial charge is 0.304 e. The number of nitrogens with zero attached hydrogens (tertiary/aromatic N) is 6. The van der Waals surface area contributed by atoms with Gasteiger partial charge in [0.1, 0.15) is 0 Å². The molecule has 1 unspecified atom stereocenters. The van der Waals surface area contributed by atoms with E-state index in [1.54, 1.807) is 0 Å². The van der Waals surface area contributed by atoms with Gasteiger partial charge in [0.15, 0.2) is 0 Å². The van der Waals surface area contributed by atoms with Crippen LogP contribution in [0.3, 0.4) is 0 Å². The van der Waals surface area contributed by atoms with E-state index < -0.39 is 0 Å². The van der Waals surface area contributed by atoms with Gasteiger partial charge >= 0.3 is 0 Å². The molecule has 0 aliphatic carbocycles. The highest BCUT2D eigenvalue weighted by Gasteiger charge is 2.34. The van der Waals surface area contributed by atoms with Crippen LogP contribution < -0.4 is 0 Å². The summed E-state index contributed by atoms with van der Waals surface area (Å²) >= 11 is 0. The lowest BCUT2D eigenvalue weighted by Gasteiger charge is -2.48. The quantitative estimate of drug-likeness (QED) is 0.602. The highest BCUT2D eigenvalue weighted by atomic mass is 15.3. The minimum absolute atomic E-state index is 0.633. The lowest BCUT2D eigenvalue weighted by Crippen LogP contribution is -2.60. The molecule has 0 N–H and O–H groups in total. The van der Waals surface area contributed by atoms with Crippen LogP contribution in [-0.4, -0.2) is 146 Å². The Morgan fingerprint density at radius 2 is 1.19 bits per heavy atom. The third kappa shape index (κ3) is 6.42. The van der Waals surface area contributed by atoms with Gasteiger partial charge in [-0.1, -0.05) is 0 Å². The maximum atomic E-state index is 2.79. The van der Waals surface area contributed by atoms with Gasteiger partial charge in [-0.25, -0.2) is 0 Å². The van der Waals surface area contributed by atoms with Crippen molar-refractivity contribution in [1.29, 1.82) is 0 Å². The molecular formula is C25H52N6. The monoisotopic (exact) mass is 436 g/mol. The van der Waals surface area contributed by atoms with Crippen molar-refractivity contribution in [2.75, 3.05) is 80.0 Å². The average molecular weight is 437 g/mol. The molecule has 0 spiro atoms. The first-order valence-corrected chi connectivity index (χ1v) is 13.0. The van der Waals surface area contributed by atoms with Gasteiger partial charge in [0.25, 0.3) is 0 Å². The summed E-state index contributed by atoms with van der Waals surface area (Å²) < 4.78 is 0. The van der Waals surface area contributed by atoms with E-state index in [4.69, 9.17) is 0 Å². The first-order valence-electron chi connectivity index (χ1n) is 13.0. The molecule has 3 aliphatic rings. The standard InChI is InChI=1S/C25H52N6/c1-20(2)31-17-21(3)28(8)25(19-31)10-9-24-18-30(16-13-27(24)7)23(5)22(4)29-14-11-26(6)12-15-29/h20-25H,9-19H2,1-8H3/t21-,22-,23+,24?,25-/m1/s1. The molecule has 0 bridgehead atoms. The van der Waals surface area contributed by atoms with Crippen LogP contribution in [0.2, 0.25) is 0 Å². The normalized spacial score (nSPS) is 33.8. The Bertz CT molecular complexity index is 534. The minimum atomic E-state index is 0.633. The summed E-state index contributed by atoms with van der Waals surface area (Å²) in [6.07, 6.45) is 2.63. The zero-order chi connectivity index (χ0) is 22.7. The highest BCUT2D eigenvalue weighted by molar-refractivity contribution is 4.91. The number of hydrogen-bond donors (Lipinski definition) is 0. The number of piperazine rings is 3. The third-order valence-corrected chi connectivity index (χ3v) is 8.98. The van der Waals surface area contributed by atoms with Gasteiger partial charge in [-0.2, -0.15) is 0 Å². The van der Waals surface area contributed by atoms with Gasteiger partial charge in [0.05, 0.1) is 0 Å². The number of rotatable bonds is 7. The molecular weight excluding hydrogens is 384 g/mol. The fraction of sp³-hybridized carbons (Fsp3) is 1.00. The van der Waals surface area contributed by atoms with Crippen molar-refractivity contribution in [2.24, 2.45) is 0 Å². The predicted octanol–water partition coefficient (Wildman–Crippen LogP) is 1.82. The van der Waals surface area contributed by atoms with Gasteiger partial charge in [0.2, 0.25) is 0 Å². The SMILES string of the molecule is CC(C)N1C[C@@H](CCC2CN([C@@H](C)[C@@H](C)N3CCN(C)CC3)CCN2C)N(C)[C@H](C)C1. The van der Waals surface area contributed by atoms with Gasteiger partial charge in [0, 0.05) is 95.2 Å². The Kier molecular flexibility index (Phi) is 9.22. The highest BCUT2D eigenvalue weighted by Crippen LogP contribution is 2.24. The minimum Gasteiger partial charge on any atom is -0.304 e. The molecule has 3 saturated heterocycles. The molecule has 0 amide bonds. The molecule has 0 saturated carbocycles. The first kappa shape index (κ1) is 25.4. The summed E-state index contributed by atoms with van der Waals surface area (Å²) in [6.45, 7) is 23.0. The van der Waals surface area contributed by atoms with Crippen LogP contribution in [0.15, 0.2) is 0 Å². The van der Waals surface area contributed by atoms with Crippen molar-refractivity contribution in [3.63, 3.8) is 0 Å². The van der Waals surface area contributed by atoms with Crippen LogP contribution in [0.4, 0.5) is 0 Å². The van der Waals surface area contributed by atoms with Gasteiger partial charge < -0.3 is 9.80 Å². The number of likely N-dealkylation sites (N-methyl/N-ethyl adjacent to an activating group) is 3. The topological polar surface area (TPSA) is 19.4 Å². The van der Waals surface area contributed by atoms with Crippen molar-refractivity contribution < 1.29 is 0 Å². The molecule has 6 nitrogen and oxygen atoms in total. The molecule has 0 aromatic heterocycles. The average Bonchev–Trinajstić information content (AvgIpc) is 2.75. The zero-order valence-electron chi connectivity index (χ0n) is 21.9. The summed E-state index contributed by atoms with van der Waals surface area (Å²) in [7, 11) is 6.95. The first-order chi connectivity index (χ1) is 14.7. The van der Waals surface area contributed by atoms with Crippen molar-refractivity contribution >= 4 is 0 Å². The fourth-order valence-corrected chi connectivity index (χ4v) is 5.89. The van der Waals surface area contributed by atoms with Gasteiger partial charge in [-0.05, 0) is 68.6 Å². The van der Waals surface area contributed by atoms with E-state index in [1.165, 1.54) is 71.7 Å². The molecule has 0 aromatic rings. The Hall–Kier alpha value is -0.240. The van der Waals surface area contributed by atoms with Crippen LogP contribution in [0, 0.1) is 0 Å². The molecule has 3 heterocycles. The lowest BCUT2D eigenvalue weighted by molar-refractivity contribution is 0.00585. The Labute approximate surface area is 193 Å². The van der Waals surface area contributed by atoms with Crippen molar-refractivity contribution in [1.82, 2.24) is 29.4 Å². The van der Waals surface area contributed by atoms with Crippen LogP contribution in [0.5, 0.6) is 0 Å². The van der Waals surface area contributed by atoms with E-state index in [0.717, 1.165) is 0 Å². The predicted molar refractivity (Wildman–Crippen MR) is 133 cm³/mol. The maximum absolute atomic E-state index is 2.79. The van der Waals surface area contributed by atoms with Crippen LogP contribution in [0.25, 0.3) is 0 Å². The second kappa shape index (κ2) is 11.3. The lowest BCUT2D eigenvalue weighted by atomic mass is 9.96. The second-order valence-corrected chi connectivity index (χ2v) is 11.2. The molecule has 3 aliphatic heterocycles. The van der Waals surface area contributed by atoms with E-state index in [0.29, 0.717) is 36.3 Å². The van der Waals surface area contributed by atoms with E-state index in [1.807, 2.05) is 0 Å². The molecule has 182 valence electrons.